The summed E-state index contributed by atoms with van der Waals surface area (Å²) in [6.45, 7) is 0. The number of hydrogen-bond acceptors (Lipinski definition) is 3. The number of rotatable bonds is 3. The Kier molecular flexibility index (Phi) is 3.80. The van der Waals surface area contributed by atoms with Crippen LogP contribution in [0.2, 0.25) is 0 Å². The van der Waals surface area contributed by atoms with Crippen molar-refractivity contribution in [2.75, 3.05) is 6.26 Å². The van der Waals surface area contributed by atoms with E-state index in [-0.39, 0.29) is 5.91 Å². The van der Waals surface area contributed by atoms with Gasteiger partial charge < -0.3 is 11.1 Å². The first-order valence-electron chi connectivity index (χ1n) is 6.27. The van der Waals surface area contributed by atoms with Crippen molar-refractivity contribution in [1.82, 2.24) is 5.32 Å². The van der Waals surface area contributed by atoms with E-state index >= 15 is 0 Å². The van der Waals surface area contributed by atoms with Crippen molar-refractivity contribution in [2.24, 2.45) is 5.73 Å². The molecule has 0 spiro atoms. The fourth-order valence-corrected chi connectivity index (χ4v) is 3.43. The molecule has 92 valence electrons. The Morgan fingerprint density at radius 2 is 2.12 bits per heavy atom. The highest BCUT2D eigenvalue weighted by atomic mass is 32.2. The van der Waals surface area contributed by atoms with Crippen molar-refractivity contribution in [1.29, 1.82) is 0 Å². The van der Waals surface area contributed by atoms with Crippen LogP contribution in [0, 0.1) is 0 Å². The molecule has 3 nitrogen and oxygen atoms in total. The van der Waals surface area contributed by atoms with Gasteiger partial charge in [0.15, 0.2) is 0 Å². The van der Waals surface area contributed by atoms with E-state index in [1.165, 1.54) is 12.8 Å². The normalized spacial score (nSPS) is 32.9. The minimum Gasteiger partial charge on any atom is -0.352 e. The highest BCUT2D eigenvalue weighted by molar-refractivity contribution is 7.99. The maximum atomic E-state index is 12.0. The molecular weight excluding hydrogens is 220 g/mol. The lowest BCUT2D eigenvalue weighted by atomic mass is 9.76. The Hall–Kier alpha value is -0.220. The molecule has 2 aliphatic rings. The van der Waals surface area contributed by atoms with Crippen LogP contribution in [0.25, 0.3) is 0 Å². The first-order chi connectivity index (χ1) is 7.64. The van der Waals surface area contributed by atoms with E-state index in [2.05, 4.69) is 11.6 Å². The van der Waals surface area contributed by atoms with Gasteiger partial charge in [-0.3, -0.25) is 4.79 Å². The topological polar surface area (TPSA) is 55.1 Å². The summed E-state index contributed by atoms with van der Waals surface area (Å²) in [5, 5.41) is 3.87. The molecule has 2 atom stereocenters. The molecule has 0 bridgehead atoms. The zero-order valence-corrected chi connectivity index (χ0v) is 10.8. The fourth-order valence-electron chi connectivity index (χ4n) is 2.60. The number of nitrogens with one attached hydrogen (secondary N) is 1. The summed E-state index contributed by atoms with van der Waals surface area (Å²) < 4.78 is 0. The standard InChI is InChI=1S/C12H22N2OS/c1-16-10-5-2-4-9(8-10)14-11(15)12(13)6-3-7-12/h9-10H,2-8,13H2,1H3,(H,14,15). The second-order valence-electron chi connectivity index (χ2n) is 5.20. The summed E-state index contributed by atoms with van der Waals surface area (Å²) in [5.41, 5.74) is 5.48. The maximum Gasteiger partial charge on any atom is 0.240 e. The predicted octanol–water partition coefficient (Wildman–Crippen LogP) is 1.66. The molecule has 0 aromatic heterocycles. The number of thioether (sulfide) groups is 1. The van der Waals surface area contributed by atoms with E-state index in [0.29, 0.717) is 11.3 Å². The molecule has 2 rings (SSSR count). The van der Waals surface area contributed by atoms with E-state index in [9.17, 15) is 4.79 Å². The van der Waals surface area contributed by atoms with Crippen molar-refractivity contribution in [3.05, 3.63) is 0 Å². The molecule has 2 fully saturated rings. The van der Waals surface area contributed by atoms with Gasteiger partial charge in [-0.15, -0.1) is 0 Å². The third-order valence-corrected chi connectivity index (χ3v) is 5.09. The molecule has 3 N–H and O–H groups in total. The molecule has 0 heterocycles. The van der Waals surface area contributed by atoms with E-state index in [1.54, 1.807) is 0 Å². The molecule has 0 aromatic rings. The summed E-state index contributed by atoms with van der Waals surface area (Å²) in [6.07, 6.45) is 9.74. The summed E-state index contributed by atoms with van der Waals surface area (Å²) >= 11 is 1.92. The maximum absolute atomic E-state index is 12.0. The van der Waals surface area contributed by atoms with Crippen LogP contribution in [0.1, 0.15) is 44.9 Å². The first kappa shape index (κ1) is 12.2. The fraction of sp³-hybridized carbons (Fsp3) is 0.917. The second-order valence-corrected chi connectivity index (χ2v) is 6.34. The number of carbonyl (C=O) groups is 1. The van der Waals surface area contributed by atoms with Gasteiger partial charge in [0.25, 0.3) is 0 Å². The lowest BCUT2D eigenvalue weighted by Crippen LogP contribution is -2.60. The smallest absolute Gasteiger partial charge is 0.240 e. The molecule has 2 unspecified atom stereocenters. The van der Waals surface area contributed by atoms with Gasteiger partial charge >= 0.3 is 0 Å². The van der Waals surface area contributed by atoms with Crippen LogP contribution in [0.15, 0.2) is 0 Å². The van der Waals surface area contributed by atoms with Gasteiger partial charge in [0.1, 0.15) is 0 Å². The van der Waals surface area contributed by atoms with Gasteiger partial charge in [-0.25, -0.2) is 0 Å². The van der Waals surface area contributed by atoms with Crippen molar-refractivity contribution >= 4 is 17.7 Å². The van der Waals surface area contributed by atoms with Gasteiger partial charge in [0.2, 0.25) is 5.91 Å². The van der Waals surface area contributed by atoms with Gasteiger partial charge in [-0.05, 0) is 44.8 Å². The zero-order chi connectivity index (χ0) is 11.6. The van der Waals surface area contributed by atoms with Crippen molar-refractivity contribution < 1.29 is 4.79 Å². The minimum absolute atomic E-state index is 0.0884. The molecule has 2 saturated carbocycles. The van der Waals surface area contributed by atoms with E-state index in [0.717, 1.165) is 32.1 Å². The molecule has 0 radical (unpaired) electrons. The number of amides is 1. The lowest BCUT2D eigenvalue weighted by Gasteiger charge is -2.38. The van der Waals surface area contributed by atoms with Crippen molar-refractivity contribution in [3.63, 3.8) is 0 Å². The molecule has 0 saturated heterocycles. The summed E-state index contributed by atoms with van der Waals surface area (Å²) in [4.78, 5) is 12.0. The van der Waals surface area contributed by atoms with E-state index in [1.807, 2.05) is 11.8 Å². The Morgan fingerprint density at radius 1 is 1.38 bits per heavy atom. The minimum atomic E-state index is -0.535. The summed E-state index contributed by atoms with van der Waals surface area (Å²) in [5.74, 6) is 0.0884. The number of hydrogen-bond donors (Lipinski definition) is 2. The number of nitrogens with two attached hydrogens (primary N) is 1. The SMILES string of the molecule is CSC1CCCC(NC(=O)C2(N)CCC2)C1. The average molecular weight is 242 g/mol. The Labute approximate surface area is 102 Å². The van der Waals surface area contributed by atoms with Crippen LogP contribution in [-0.2, 0) is 4.79 Å². The average Bonchev–Trinajstić information content (AvgIpc) is 2.26. The molecule has 4 heteroatoms. The Morgan fingerprint density at radius 3 is 2.69 bits per heavy atom. The van der Waals surface area contributed by atoms with Crippen LogP contribution in [-0.4, -0.2) is 29.0 Å². The third-order valence-electron chi connectivity index (χ3n) is 3.99. The Bertz CT molecular complexity index is 266. The summed E-state index contributed by atoms with van der Waals surface area (Å²) in [6, 6.07) is 0.361. The van der Waals surface area contributed by atoms with Gasteiger partial charge in [0.05, 0.1) is 5.54 Å². The summed E-state index contributed by atoms with van der Waals surface area (Å²) in [7, 11) is 0. The largest absolute Gasteiger partial charge is 0.352 e. The second kappa shape index (κ2) is 4.96. The van der Waals surface area contributed by atoms with Gasteiger partial charge in [0, 0.05) is 11.3 Å². The first-order valence-corrected chi connectivity index (χ1v) is 7.55. The van der Waals surface area contributed by atoms with Crippen LogP contribution in [0.5, 0.6) is 0 Å². The number of carbonyl (C=O) groups excluding carboxylic acids is 1. The van der Waals surface area contributed by atoms with Crippen LogP contribution < -0.4 is 11.1 Å². The zero-order valence-electron chi connectivity index (χ0n) is 10.00. The molecule has 0 aromatic carbocycles. The van der Waals surface area contributed by atoms with Crippen LogP contribution >= 0.6 is 11.8 Å². The molecule has 2 aliphatic carbocycles. The molecule has 0 aliphatic heterocycles. The molecular formula is C12H22N2OS. The van der Waals surface area contributed by atoms with Crippen LogP contribution in [0.4, 0.5) is 0 Å². The molecule has 16 heavy (non-hydrogen) atoms. The lowest BCUT2D eigenvalue weighted by molar-refractivity contribution is -0.130. The monoisotopic (exact) mass is 242 g/mol. The third kappa shape index (κ3) is 2.54. The van der Waals surface area contributed by atoms with Gasteiger partial charge in [-0.1, -0.05) is 6.42 Å². The van der Waals surface area contributed by atoms with Gasteiger partial charge in [-0.2, -0.15) is 11.8 Å². The molecule has 1 amide bonds. The van der Waals surface area contributed by atoms with E-state index in [4.69, 9.17) is 5.73 Å². The van der Waals surface area contributed by atoms with Crippen LogP contribution in [0.3, 0.4) is 0 Å². The predicted molar refractivity (Wildman–Crippen MR) is 68.5 cm³/mol. The highest BCUT2D eigenvalue weighted by Crippen LogP contribution is 2.31. The van der Waals surface area contributed by atoms with Crippen molar-refractivity contribution in [2.45, 2.75) is 61.8 Å². The Balaban J connectivity index is 1.82. The highest BCUT2D eigenvalue weighted by Gasteiger charge is 2.41. The van der Waals surface area contributed by atoms with E-state index < -0.39 is 5.54 Å². The van der Waals surface area contributed by atoms with Crippen molar-refractivity contribution in [3.8, 4) is 0 Å². The quantitative estimate of drug-likeness (QED) is 0.791.